The van der Waals surface area contributed by atoms with Gasteiger partial charge >= 0.3 is 0 Å². The molecule has 9 heteroatoms. The van der Waals surface area contributed by atoms with Crippen molar-refractivity contribution in [1.29, 1.82) is 0 Å². The van der Waals surface area contributed by atoms with Crippen molar-refractivity contribution in [3.8, 4) is 0 Å². The maximum absolute atomic E-state index is 12.9. The lowest BCUT2D eigenvalue weighted by Crippen LogP contribution is -2.45. The fourth-order valence-electron chi connectivity index (χ4n) is 7.04. The van der Waals surface area contributed by atoms with Crippen molar-refractivity contribution in [1.82, 2.24) is 5.32 Å². The van der Waals surface area contributed by atoms with E-state index in [4.69, 9.17) is 9.05 Å². The molecule has 0 radical (unpaired) electrons. The number of hydrogen-bond acceptors (Lipinski definition) is 6. The highest BCUT2D eigenvalue weighted by Gasteiger charge is 2.23. The average molecular weight is 991 g/mol. The summed E-state index contributed by atoms with van der Waals surface area (Å²) in [5.74, 6) is -0.233. The molecule has 0 bridgehead atoms. The van der Waals surface area contributed by atoms with E-state index in [9.17, 15) is 19.4 Å². The minimum atomic E-state index is -4.62. The number of phosphoric ester groups is 1. The predicted molar refractivity (Wildman–Crippen MR) is 302 cm³/mol. The van der Waals surface area contributed by atoms with Crippen LogP contribution < -0.4 is 10.2 Å². The number of likely N-dealkylation sites (N-methyl/N-ethyl adjacent to an activating group) is 1. The zero-order chi connectivity index (χ0) is 51.3. The topological polar surface area (TPSA) is 108 Å². The van der Waals surface area contributed by atoms with E-state index in [1.165, 1.54) is 57.8 Å². The van der Waals surface area contributed by atoms with Crippen LogP contribution in [-0.2, 0) is 18.4 Å². The molecule has 0 aliphatic rings. The normalized spacial score (nSPS) is 15.0. The highest BCUT2D eigenvalue weighted by molar-refractivity contribution is 7.45. The van der Waals surface area contributed by atoms with Crippen LogP contribution in [0.15, 0.2) is 134 Å². The van der Waals surface area contributed by atoms with E-state index < -0.39 is 26.6 Å². The molecule has 0 spiro atoms. The standard InChI is InChI=1S/C61H103N2O6P/c1-6-8-10-12-14-16-18-20-22-23-24-25-26-27-28-29-30-31-32-33-34-35-36-37-38-39-41-43-45-47-49-51-53-55-61(65)62-59(58-69-70(66,67)68-57-56-63(3,4)5)60(64)54-52-50-48-46-44-42-40-21-19-17-15-13-11-9-7-2/h8,10,14,16,20,22,24-25,27-28,30-31,33-34,36-37,39,41,44,46,52,54,59-60,64H,6-7,9,11-13,15,17-19,21,23,26,29,32,35,38,40,42-43,45,47-51,53,55-58H2,1-5H3,(H-,62,65,66,67)/b10-8-,16-14-,22-20-,25-24-,28-27-,31-30-,34-33-,37-36-,41-39-,46-44+,54-52+. The van der Waals surface area contributed by atoms with Gasteiger partial charge in [-0.05, 0) is 103 Å². The predicted octanol–water partition coefficient (Wildman–Crippen LogP) is 16.1. The molecule has 0 fully saturated rings. The summed E-state index contributed by atoms with van der Waals surface area (Å²) >= 11 is 0. The number of aliphatic hydroxyl groups is 1. The van der Waals surface area contributed by atoms with Gasteiger partial charge in [-0.2, -0.15) is 0 Å². The monoisotopic (exact) mass is 991 g/mol. The first-order valence-electron chi connectivity index (χ1n) is 27.5. The van der Waals surface area contributed by atoms with Crippen molar-refractivity contribution in [2.24, 2.45) is 0 Å². The van der Waals surface area contributed by atoms with Crippen LogP contribution in [0.25, 0.3) is 0 Å². The van der Waals surface area contributed by atoms with Crippen LogP contribution in [0.1, 0.15) is 194 Å². The van der Waals surface area contributed by atoms with E-state index in [1.54, 1.807) is 6.08 Å². The minimum absolute atomic E-state index is 0.0181. The van der Waals surface area contributed by atoms with Gasteiger partial charge in [-0.15, -0.1) is 0 Å². The quantitative estimate of drug-likeness (QED) is 0.0272. The number of rotatable bonds is 48. The van der Waals surface area contributed by atoms with Crippen molar-refractivity contribution in [3.05, 3.63) is 134 Å². The summed E-state index contributed by atoms with van der Waals surface area (Å²) in [5.41, 5.74) is 0. The molecule has 1 amide bonds. The highest BCUT2D eigenvalue weighted by Crippen LogP contribution is 2.38. The fourth-order valence-corrected chi connectivity index (χ4v) is 7.76. The maximum atomic E-state index is 12.9. The van der Waals surface area contributed by atoms with Gasteiger partial charge < -0.3 is 28.8 Å². The summed E-state index contributed by atoms with van der Waals surface area (Å²) in [7, 11) is 1.21. The Morgan fingerprint density at radius 3 is 1.33 bits per heavy atom. The Morgan fingerprint density at radius 2 is 0.886 bits per heavy atom. The lowest BCUT2D eigenvalue weighted by Gasteiger charge is -2.29. The number of amides is 1. The first kappa shape index (κ1) is 66.6. The van der Waals surface area contributed by atoms with Gasteiger partial charge in [0.05, 0.1) is 39.9 Å². The van der Waals surface area contributed by atoms with Gasteiger partial charge in [0.25, 0.3) is 7.82 Å². The number of phosphoric acid groups is 1. The van der Waals surface area contributed by atoms with E-state index in [0.717, 1.165) is 116 Å². The van der Waals surface area contributed by atoms with E-state index in [0.29, 0.717) is 17.4 Å². The van der Waals surface area contributed by atoms with Crippen LogP contribution in [-0.4, -0.2) is 68.5 Å². The Labute approximate surface area is 430 Å². The van der Waals surface area contributed by atoms with Crippen molar-refractivity contribution in [2.75, 3.05) is 40.9 Å². The number of nitrogens with zero attached hydrogens (tertiary/aromatic N) is 1. The van der Waals surface area contributed by atoms with Crippen LogP contribution in [0.5, 0.6) is 0 Å². The highest BCUT2D eigenvalue weighted by atomic mass is 31.2. The Hall–Kier alpha value is -3.36. The molecule has 3 atom stereocenters. The Balaban J connectivity index is 4.31. The van der Waals surface area contributed by atoms with Crippen LogP contribution in [0.2, 0.25) is 0 Å². The molecular weight excluding hydrogens is 888 g/mol. The second kappa shape index (κ2) is 50.6. The van der Waals surface area contributed by atoms with E-state index in [2.05, 4.69) is 141 Å². The number of allylic oxidation sites excluding steroid dienone is 21. The van der Waals surface area contributed by atoms with E-state index >= 15 is 0 Å². The number of hydrogen-bond donors (Lipinski definition) is 2. The van der Waals surface area contributed by atoms with Gasteiger partial charge in [-0.3, -0.25) is 9.36 Å². The third kappa shape index (κ3) is 52.5. The molecule has 3 unspecified atom stereocenters. The first-order valence-corrected chi connectivity index (χ1v) is 29.0. The maximum Gasteiger partial charge on any atom is 0.268 e. The fraction of sp³-hybridized carbons (Fsp3) is 0.623. The Kier molecular flexibility index (Phi) is 48.1. The zero-order valence-electron chi connectivity index (χ0n) is 45.2. The van der Waals surface area contributed by atoms with Crippen molar-refractivity contribution < 1.29 is 32.9 Å². The van der Waals surface area contributed by atoms with Gasteiger partial charge in [0.2, 0.25) is 5.91 Å². The number of nitrogens with one attached hydrogen (secondary N) is 1. The van der Waals surface area contributed by atoms with Gasteiger partial charge in [-0.25, -0.2) is 0 Å². The van der Waals surface area contributed by atoms with Gasteiger partial charge in [0.1, 0.15) is 13.2 Å². The third-order valence-corrected chi connectivity index (χ3v) is 12.3. The molecule has 70 heavy (non-hydrogen) atoms. The van der Waals surface area contributed by atoms with Crippen LogP contribution in [0.4, 0.5) is 0 Å². The average Bonchev–Trinajstić information content (AvgIpc) is 3.32. The van der Waals surface area contributed by atoms with Gasteiger partial charge in [-0.1, -0.05) is 218 Å². The van der Waals surface area contributed by atoms with Crippen LogP contribution in [0, 0.1) is 0 Å². The van der Waals surface area contributed by atoms with Crippen molar-refractivity contribution >= 4 is 13.7 Å². The Morgan fingerprint density at radius 1 is 0.514 bits per heavy atom. The number of unbranched alkanes of at least 4 members (excludes halogenated alkanes) is 15. The summed E-state index contributed by atoms with van der Waals surface area (Å²) in [5, 5.41) is 13.8. The second-order valence-corrected chi connectivity index (χ2v) is 20.6. The molecule has 2 N–H and O–H groups in total. The molecule has 0 rings (SSSR count). The molecule has 0 aromatic carbocycles. The zero-order valence-corrected chi connectivity index (χ0v) is 46.1. The molecule has 0 aliphatic heterocycles. The molecule has 8 nitrogen and oxygen atoms in total. The van der Waals surface area contributed by atoms with E-state index in [1.807, 2.05) is 27.2 Å². The number of quaternary nitrogens is 1. The smallest absolute Gasteiger partial charge is 0.268 e. The largest absolute Gasteiger partial charge is 0.756 e. The van der Waals surface area contributed by atoms with Gasteiger partial charge in [0.15, 0.2) is 0 Å². The Bertz CT molecular complexity index is 1590. The first-order chi connectivity index (χ1) is 34.0. The molecule has 398 valence electrons. The van der Waals surface area contributed by atoms with E-state index in [-0.39, 0.29) is 12.5 Å². The summed E-state index contributed by atoms with van der Waals surface area (Å²) in [4.78, 5) is 25.4. The number of carbonyl (C=O) groups excluding carboxylic acids is 1. The molecule has 0 aromatic rings. The summed E-state index contributed by atoms with van der Waals surface area (Å²) < 4.78 is 23.3. The van der Waals surface area contributed by atoms with Gasteiger partial charge in [0, 0.05) is 6.42 Å². The number of carbonyl (C=O) groups is 1. The summed E-state index contributed by atoms with van der Waals surface area (Å²) in [6, 6.07) is -0.924. The lowest BCUT2D eigenvalue weighted by molar-refractivity contribution is -0.870. The third-order valence-electron chi connectivity index (χ3n) is 11.3. The van der Waals surface area contributed by atoms with Crippen molar-refractivity contribution in [3.63, 3.8) is 0 Å². The van der Waals surface area contributed by atoms with Crippen molar-refractivity contribution in [2.45, 2.75) is 206 Å². The molecule has 0 aromatic heterocycles. The summed E-state index contributed by atoms with van der Waals surface area (Å²) in [6.07, 6.45) is 76.6. The summed E-state index contributed by atoms with van der Waals surface area (Å²) in [6.45, 7) is 4.47. The molecular formula is C61H103N2O6P. The number of aliphatic hydroxyl groups excluding tert-OH is 1. The molecule has 0 aliphatic carbocycles. The second-order valence-electron chi connectivity index (χ2n) is 19.2. The van der Waals surface area contributed by atoms with Crippen LogP contribution >= 0.6 is 7.82 Å². The lowest BCUT2D eigenvalue weighted by atomic mass is 10.1. The van der Waals surface area contributed by atoms with Crippen LogP contribution in [0.3, 0.4) is 0 Å². The SMILES string of the molecule is CC/C=C\C/C=C\C/C=C\C/C=C\C/C=C\C/C=C\C/C=C\C/C=C\C/C=C\CCCCCCCC(=O)NC(COP(=O)([O-])OCC[N+](C)(C)C)C(O)/C=C/CC/C=C/CCCCCCCCCCC. The minimum Gasteiger partial charge on any atom is -0.756 e. The molecule has 0 heterocycles. The molecule has 0 saturated heterocycles. The molecule has 0 saturated carbocycles.